The van der Waals surface area contributed by atoms with Crippen molar-refractivity contribution in [3.63, 3.8) is 0 Å². The lowest BCUT2D eigenvalue weighted by Crippen LogP contribution is -2.42. The Morgan fingerprint density at radius 1 is 1.41 bits per heavy atom. The summed E-state index contributed by atoms with van der Waals surface area (Å²) < 4.78 is 5.04. The van der Waals surface area contributed by atoms with Crippen LogP contribution in [0, 0.1) is 6.92 Å². The Morgan fingerprint density at radius 3 is 2.35 bits per heavy atom. The summed E-state index contributed by atoms with van der Waals surface area (Å²) in [6.07, 6.45) is 0. The third-order valence-corrected chi connectivity index (χ3v) is 3.29. The molecule has 4 nitrogen and oxygen atoms in total. The number of amides is 1. The molecule has 0 spiro atoms. The fraction of sp³-hybridized carbons (Fsp3) is 0.333. The summed E-state index contributed by atoms with van der Waals surface area (Å²) in [4.78, 5) is 21.1. The zero-order valence-corrected chi connectivity index (χ0v) is 10.7. The molecule has 0 aromatic heterocycles. The fourth-order valence-corrected chi connectivity index (χ4v) is 1.86. The first-order valence-corrected chi connectivity index (χ1v) is 5.36. The van der Waals surface area contributed by atoms with Crippen LogP contribution in [0.3, 0.4) is 0 Å². The van der Waals surface area contributed by atoms with Crippen molar-refractivity contribution in [3.8, 4) is 5.75 Å². The number of hydrogen-bond donors (Lipinski definition) is 1. The number of primary amides is 1. The predicted molar refractivity (Wildman–Crippen MR) is 65.1 cm³/mol. The number of benzene rings is 1. The molecule has 1 atom stereocenters. The minimum atomic E-state index is -1.81. The highest BCUT2D eigenvalue weighted by Gasteiger charge is 2.42. The van der Waals surface area contributed by atoms with Crippen LogP contribution in [0.1, 0.15) is 18.1 Å². The lowest BCUT2D eigenvalue weighted by Gasteiger charge is -2.23. The van der Waals surface area contributed by atoms with E-state index in [4.69, 9.17) is 22.1 Å². The van der Waals surface area contributed by atoms with Gasteiger partial charge in [0.25, 0.3) is 5.91 Å². The average Bonchev–Trinajstić information content (AvgIpc) is 2.27. The zero-order valence-electron chi connectivity index (χ0n) is 9.91. The molecule has 92 valence electrons. The van der Waals surface area contributed by atoms with Gasteiger partial charge in [-0.2, -0.15) is 0 Å². The second kappa shape index (κ2) is 4.75. The monoisotopic (exact) mass is 255 g/mol. The highest BCUT2D eigenvalue weighted by Crippen LogP contribution is 2.34. The molecular formula is C12H14ClNO3. The van der Waals surface area contributed by atoms with Gasteiger partial charge in [0.1, 0.15) is 5.75 Å². The van der Waals surface area contributed by atoms with E-state index in [1.807, 2.05) is 0 Å². The van der Waals surface area contributed by atoms with Gasteiger partial charge in [0.2, 0.25) is 4.87 Å². The van der Waals surface area contributed by atoms with Gasteiger partial charge in [-0.3, -0.25) is 9.59 Å². The Kier molecular flexibility index (Phi) is 3.78. The van der Waals surface area contributed by atoms with E-state index in [0.29, 0.717) is 16.9 Å². The van der Waals surface area contributed by atoms with Gasteiger partial charge in [-0.05, 0) is 37.1 Å². The maximum Gasteiger partial charge on any atom is 0.250 e. The first kappa shape index (κ1) is 13.5. The summed E-state index contributed by atoms with van der Waals surface area (Å²) in [5.41, 5.74) is 6.28. The van der Waals surface area contributed by atoms with Crippen molar-refractivity contribution in [2.75, 3.05) is 7.11 Å². The number of nitrogens with two attached hydrogens (primary N) is 1. The summed E-state index contributed by atoms with van der Waals surface area (Å²) >= 11 is 6.07. The molecule has 1 aromatic rings. The zero-order chi connectivity index (χ0) is 13.2. The van der Waals surface area contributed by atoms with Crippen molar-refractivity contribution in [1.82, 2.24) is 0 Å². The maximum absolute atomic E-state index is 11.6. The van der Waals surface area contributed by atoms with Gasteiger partial charge in [0.15, 0.2) is 5.78 Å². The molecule has 0 aliphatic heterocycles. The summed E-state index contributed by atoms with van der Waals surface area (Å²) in [5, 5.41) is 0. The average molecular weight is 256 g/mol. The standard InChI is InChI=1S/C12H14ClNO3/c1-7-6-9(17-3)4-5-10(7)12(13,8(2)15)11(14)16/h4-6H,1-3H3,(H2,14,16). The molecule has 5 heteroatoms. The van der Waals surface area contributed by atoms with Gasteiger partial charge >= 0.3 is 0 Å². The summed E-state index contributed by atoms with van der Waals surface area (Å²) in [5.74, 6) is -0.752. The molecule has 17 heavy (non-hydrogen) atoms. The van der Waals surface area contributed by atoms with Gasteiger partial charge in [-0.1, -0.05) is 17.7 Å². The van der Waals surface area contributed by atoms with Crippen LogP contribution in [0.5, 0.6) is 5.75 Å². The maximum atomic E-state index is 11.6. The third-order valence-electron chi connectivity index (χ3n) is 2.63. The van der Waals surface area contributed by atoms with Crippen molar-refractivity contribution < 1.29 is 14.3 Å². The number of ether oxygens (including phenoxy) is 1. The summed E-state index contributed by atoms with van der Waals surface area (Å²) in [6.45, 7) is 2.97. The Balaban J connectivity index is 3.40. The molecule has 2 N–H and O–H groups in total. The van der Waals surface area contributed by atoms with Crippen molar-refractivity contribution in [1.29, 1.82) is 0 Å². The van der Waals surface area contributed by atoms with Crippen LogP contribution in [-0.4, -0.2) is 18.8 Å². The minimum absolute atomic E-state index is 0.389. The molecule has 0 saturated carbocycles. The SMILES string of the molecule is COc1ccc(C(Cl)(C(C)=O)C(N)=O)c(C)c1. The van der Waals surface area contributed by atoms with E-state index < -0.39 is 16.6 Å². The molecule has 1 rings (SSSR count). The van der Waals surface area contributed by atoms with Gasteiger partial charge in [0.05, 0.1) is 7.11 Å². The quantitative estimate of drug-likeness (QED) is 0.655. The van der Waals surface area contributed by atoms with Crippen LogP contribution in [0.4, 0.5) is 0 Å². The van der Waals surface area contributed by atoms with Crippen molar-refractivity contribution >= 4 is 23.3 Å². The Labute approximate surface area is 105 Å². The summed E-state index contributed by atoms with van der Waals surface area (Å²) in [7, 11) is 1.53. The Bertz CT molecular complexity index is 457. The number of carbonyl (C=O) groups excluding carboxylic acids is 2. The highest BCUT2D eigenvalue weighted by atomic mass is 35.5. The van der Waals surface area contributed by atoms with Gasteiger partial charge in [-0.15, -0.1) is 0 Å². The van der Waals surface area contributed by atoms with Crippen molar-refractivity contribution in [3.05, 3.63) is 29.3 Å². The normalized spacial score (nSPS) is 13.9. The predicted octanol–water partition coefficient (Wildman–Crippen LogP) is 1.51. The molecule has 0 fully saturated rings. The minimum Gasteiger partial charge on any atom is -0.497 e. The molecule has 1 aromatic carbocycles. The number of rotatable bonds is 4. The van der Waals surface area contributed by atoms with E-state index in [1.165, 1.54) is 14.0 Å². The molecule has 0 radical (unpaired) electrons. The molecule has 1 unspecified atom stereocenters. The van der Waals surface area contributed by atoms with Crippen LogP contribution >= 0.6 is 11.6 Å². The first-order valence-electron chi connectivity index (χ1n) is 4.99. The molecular weight excluding hydrogens is 242 g/mol. The number of Topliss-reactive ketones (excluding diaryl/α,β-unsaturated/α-hetero) is 1. The van der Waals surface area contributed by atoms with E-state index in [0.717, 1.165) is 0 Å². The van der Waals surface area contributed by atoms with Gasteiger partial charge in [-0.25, -0.2) is 0 Å². The fourth-order valence-electron chi connectivity index (χ4n) is 1.65. The topological polar surface area (TPSA) is 69.4 Å². The van der Waals surface area contributed by atoms with Crippen molar-refractivity contribution in [2.24, 2.45) is 5.73 Å². The van der Waals surface area contributed by atoms with Crippen LogP contribution in [0.25, 0.3) is 0 Å². The number of ketones is 1. The van der Waals surface area contributed by atoms with E-state index in [2.05, 4.69) is 0 Å². The molecule has 0 saturated heterocycles. The summed E-state index contributed by atoms with van der Waals surface area (Å²) in [6, 6.07) is 4.90. The Morgan fingerprint density at radius 2 is 2.00 bits per heavy atom. The molecule has 0 heterocycles. The van der Waals surface area contributed by atoms with Crippen molar-refractivity contribution in [2.45, 2.75) is 18.7 Å². The number of hydrogen-bond acceptors (Lipinski definition) is 3. The number of carbonyl (C=O) groups is 2. The molecule has 0 bridgehead atoms. The largest absolute Gasteiger partial charge is 0.497 e. The number of aryl methyl sites for hydroxylation is 1. The van der Waals surface area contributed by atoms with Crippen LogP contribution < -0.4 is 10.5 Å². The lowest BCUT2D eigenvalue weighted by molar-refractivity contribution is -0.129. The number of methoxy groups -OCH3 is 1. The second-order valence-corrected chi connectivity index (χ2v) is 4.33. The first-order chi connectivity index (χ1) is 7.83. The second-order valence-electron chi connectivity index (χ2n) is 3.76. The number of halogens is 1. The lowest BCUT2D eigenvalue weighted by atomic mass is 9.90. The van der Waals surface area contributed by atoms with Crippen LogP contribution in [0.15, 0.2) is 18.2 Å². The van der Waals surface area contributed by atoms with E-state index >= 15 is 0 Å². The number of alkyl halides is 1. The molecule has 0 aliphatic rings. The van der Waals surface area contributed by atoms with Crippen LogP contribution in [0.2, 0.25) is 0 Å². The smallest absolute Gasteiger partial charge is 0.250 e. The van der Waals surface area contributed by atoms with E-state index in [9.17, 15) is 9.59 Å². The van der Waals surface area contributed by atoms with Gasteiger partial charge < -0.3 is 10.5 Å². The van der Waals surface area contributed by atoms with Crippen LogP contribution in [-0.2, 0) is 14.5 Å². The van der Waals surface area contributed by atoms with Gasteiger partial charge in [0, 0.05) is 0 Å². The highest BCUT2D eigenvalue weighted by molar-refractivity contribution is 6.45. The van der Waals surface area contributed by atoms with E-state index in [-0.39, 0.29) is 0 Å². The third kappa shape index (κ3) is 2.26. The van der Waals surface area contributed by atoms with E-state index in [1.54, 1.807) is 25.1 Å². The Hall–Kier alpha value is -1.55. The molecule has 1 amide bonds. The molecule has 0 aliphatic carbocycles.